The Morgan fingerprint density at radius 2 is 2.25 bits per heavy atom. The van der Waals surface area contributed by atoms with E-state index in [2.05, 4.69) is 5.16 Å². The standard InChI is InChI=1S/C3H4ClNO3/c4-2(5-8)1-3(6)7/h8H,1H2,(H,6,7)/b5-2-. The Morgan fingerprint density at radius 1 is 1.75 bits per heavy atom. The van der Waals surface area contributed by atoms with Crippen LogP contribution < -0.4 is 0 Å². The van der Waals surface area contributed by atoms with Gasteiger partial charge in [0, 0.05) is 0 Å². The second-order valence-corrected chi connectivity index (χ2v) is 1.48. The largest absolute Gasteiger partial charge is 0.481 e. The first kappa shape index (κ1) is 7.23. The van der Waals surface area contributed by atoms with Crippen molar-refractivity contribution in [2.75, 3.05) is 0 Å². The van der Waals surface area contributed by atoms with E-state index in [4.69, 9.17) is 21.9 Å². The van der Waals surface area contributed by atoms with Gasteiger partial charge in [-0.25, -0.2) is 0 Å². The Balaban J connectivity index is 3.56. The lowest BCUT2D eigenvalue weighted by Crippen LogP contribution is -1.99. The van der Waals surface area contributed by atoms with Crippen LogP contribution in [0.5, 0.6) is 0 Å². The molecule has 0 atom stereocenters. The third-order valence-corrected chi connectivity index (χ3v) is 0.615. The molecule has 0 rings (SSSR count). The van der Waals surface area contributed by atoms with Crippen molar-refractivity contribution in [2.45, 2.75) is 6.42 Å². The molecular weight excluding hydrogens is 133 g/mol. The molecule has 0 unspecified atom stereocenters. The van der Waals surface area contributed by atoms with Gasteiger partial charge in [0.1, 0.15) is 6.42 Å². The maximum atomic E-state index is 9.69. The Labute approximate surface area is 50.4 Å². The molecule has 5 heteroatoms. The summed E-state index contributed by atoms with van der Waals surface area (Å²) in [5.41, 5.74) is 0. The van der Waals surface area contributed by atoms with Crippen molar-refractivity contribution in [3.63, 3.8) is 0 Å². The van der Waals surface area contributed by atoms with Crippen molar-refractivity contribution < 1.29 is 15.1 Å². The molecule has 4 nitrogen and oxygen atoms in total. The van der Waals surface area contributed by atoms with Crippen molar-refractivity contribution in [3.8, 4) is 0 Å². The van der Waals surface area contributed by atoms with E-state index in [1.54, 1.807) is 0 Å². The summed E-state index contributed by atoms with van der Waals surface area (Å²) in [5.74, 6) is -1.12. The number of rotatable bonds is 2. The number of halogens is 1. The maximum Gasteiger partial charge on any atom is 0.310 e. The van der Waals surface area contributed by atoms with E-state index >= 15 is 0 Å². The minimum atomic E-state index is -1.12. The van der Waals surface area contributed by atoms with Gasteiger partial charge in [-0.2, -0.15) is 0 Å². The third kappa shape index (κ3) is 3.42. The molecule has 0 radical (unpaired) electrons. The van der Waals surface area contributed by atoms with Gasteiger partial charge in [0.25, 0.3) is 0 Å². The minimum absolute atomic E-state index is 0.322. The lowest BCUT2D eigenvalue weighted by Gasteiger charge is -1.84. The first-order chi connectivity index (χ1) is 3.66. The number of aliphatic carboxylic acids is 1. The van der Waals surface area contributed by atoms with Crippen LogP contribution in [0.3, 0.4) is 0 Å². The molecule has 0 aliphatic carbocycles. The van der Waals surface area contributed by atoms with Gasteiger partial charge in [0.05, 0.1) is 0 Å². The Morgan fingerprint density at radius 3 is 2.38 bits per heavy atom. The van der Waals surface area contributed by atoms with E-state index in [-0.39, 0.29) is 5.17 Å². The second-order valence-electron chi connectivity index (χ2n) is 1.05. The summed E-state index contributed by atoms with van der Waals surface area (Å²) in [6.07, 6.45) is -0.432. The number of oxime groups is 1. The smallest absolute Gasteiger partial charge is 0.310 e. The zero-order valence-corrected chi connectivity index (χ0v) is 4.59. The molecule has 0 fully saturated rings. The topological polar surface area (TPSA) is 69.9 Å². The van der Waals surface area contributed by atoms with E-state index in [1.807, 2.05) is 0 Å². The molecule has 46 valence electrons. The minimum Gasteiger partial charge on any atom is -0.481 e. The molecule has 0 aromatic rings. The number of carboxylic acid groups (broad SMARTS) is 1. The summed E-state index contributed by atoms with van der Waals surface area (Å²) < 4.78 is 0. The van der Waals surface area contributed by atoms with Crippen molar-refractivity contribution in [1.29, 1.82) is 0 Å². The summed E-state index contributed by atoms with van der Waals surface area (Å²) in [6.45, 7) is 0. The molecule has 0 aromatic heterocycles. The van der Waals surface area contributed by atoms with Crippen LogP contribution in [0.2, 0.25) is 0 Å². The number of carbonyl (C=O) groups is 1. The van der Waals surface area contributed by atoms with Gasteiger partial charge in [-0.05, 0) is 0 Å². The molecule has 0 saturated carbocycles. The lowest BCUT2D eigenvalue weighted by atomic mass is 10.5. The van der Waals surface area contributed by atoms with Crippen LogP contribution in [0.4, 0.5) is 0 Å². The van der Waals surface area contributed by atoms with E-state index in [1.165, 1.54) is 0 Å². The number of hydrogen-bond acceptors (Lipinski definition) is 3. The maximum absolute atomic E-state index is 9.69. The van der Waals surface area contributed by atoms with Crippen LogP contribution in [0.15, 0.2) is 5.16 Å². The molecule has 0 heterocycles. The Bertz CT molecular complexity index is 122. The lowest BCUT2D eigenvalue weighted by molar-refractivity contribution is -0.135. The van der Waals surface area contributed by atoms with Crippen LogP contribution in [0, 0.1) is 0 Å². The number of carboxylic acids is 1. The molecule has 0 aliphatic rings. The molecule has 0 saturated heterocycles. The average molecular weight is 138 g/mol. The van der Waals surface area contributed by atoms with Gasteiger partial charge < -0.3 is 10.3 Å². The number of hydrogen-bond donors (Lipinski definition) is 2. The summed E-state index contributed by atoms with van der Waals surface area (Å²) >= 11 is 4.98. The molecule has 2 N–H and O–H groups in total. The molecule has 0 aromatic carbocycles. The van der Waals surface area contributed by atoms with Crippen LogP contribution in [0.25, 0.3) is 0 Å². The molecule has 8 heavy (non-hydrogen) atoms. The molecule has 0 bridgehead atoms. The fourth-order valence-corrected chi connectivity index (χ4v) is 0.274. The number of nitrogens with zero attached hydrogens (tertiary/aromatic N) is 1. The zero-order valence-electron chi connectivity index (χ0n) is 3.83. The van der Waals surface area contributed by atoms with Gasteiger partial charge in [0.2, 0.25) is 0 Å². The van der Waals surface area contributed by atoms with Gasteiger partial charge in [-0.1, -0.05) is 16.8 Å². The summed E-state index contributed by atoms with van der Waals surface area (Å²) in [4.78, 5) is 9.69. The van der Waals surface area contributed by atoms with Gasteiger partial charge in [0.15, 0.2) is 5.17 Å². The van der Waals surface area contributed by atoms with E-state index in [9.17, 15) is 4.79 Å². The van der Waals surface area contributed by atoms with Gasteiger partial charge in [-0.3, -0.25) is 4.79 Å². The fourth-order valence-electron chi connectivity index (χ4n) is 0.160. The normalized spacial score (nSPS) is 11.4. The fraction of sp³-hybridized carbons (Fsp3) is 0.333. The summed E-state index contributed by atoms with van der Waals surface area (Å²) in [7, 11) is 0. The average Bonchev–Trinajstić information content (AvgIpc) is 1.65. The first-order valence-electron chi connectivity index (χ1n) is 1.75. The Hall–Kier alpha value is -0.770. The van der Waals surface area contributed by atoms with Crippen LogP contribution >= 0.6 is 11.6 Å². The third-order valence-electron chi connectivity index (χ3n) is 0.406. The zero-order chi connectivity index (χ0) is 6.57. The van der Waals surface area contributed by atoms with Crippen LogP contribution in [0.1, 0.15) is 6.42 Å². The molecule has 0 spiro atoms. The van der Waals surface area contributed by atoms with Gasteiger partial charge in [-0.15, -0.1) is 0 Å². The highest BCUT2D eigenvalue weighted by atomic mass is 35.5. The molecular formula is C3H4ClNO3. The predicted octanol–water partition coefficient (Wildman–Crippen LogP) is 0.488. The highest BCUT2D eigenvalue weighted by molar-refractivity contribution is 6.66. The van der Waals surface area contributed by atoms with E-state index < -0.39 is 12.4 Å². The molecule has 0 amide bonds. The van der Waals surface area contributed by atoms with Crippen LogP contribution in [-0.4, -0.2) is 21.5 Å². The van der Waals surface area contributed by atoms with Crippen molar-refractivity contribution >= 4 is 22.7 Å². The quantitative estimate of drug-likeness (QED) is 0.331. The Kier molecular flexibility index (Phi) is 2.95. The van der Waals surface area contributed by atoms with Gasteiger partial charge >= 0.3 is 5.97 Å². The van der Waals surface area contributed by atoms with Crippen molar-refractivity contribution in [1.82, 2.24) is 0 Å². The van der Waals surface area contributed by atoms with E-state index in [0.29, 0.717) is 0 Å². The highest BCUT2D eigenvalue weighted by Gasteiger charge is 2.00. The monoisotopic (exact) mass is 137 g/mol. The first-order valence-corrected chi connectivity index (χ1v) is 2.13. The molecule has 0 aliphatic heterocycles. The summed E-state index contributed by atoms with van der Waals surface area (Å²) in [6, 6.07) is 0. The predicted molar refractivity (Wildman–Crippen MR) is 27.3 cm³/mol. The second kappa shape index (κ2) is 3.26. The summed E-state index contributed by atoms with van der Waals surface area (Å²) in [5, 5.41) is 17.8. The van der Waals surface area contributed by atoms with Crippen molar-refractivity contribution in [3.05, 3.63) is 0 Å². The SMILES string of the molecule is O=C(O)C/C(Cl)=N/O. The highest BCUT2D eigenvalue weighted by Crippen LogP contribution is 1.90. The van der Waals surface area contributed by atoms with E-state index in [0.717, 1.165) is 0 Å². The van der Waals surface area contributed by atoms with Crippen LogP contribution in [-0.2, 0) is 4.79 Å². The van der Waals surface area contributed by atoms with Crippen molar-refractivity contribution in [2.24, 2.45) is 5.16 Å².